The Hall–Kier alpha value is -1.86. The van der Waals surface area contributed by atoms with Crippen LogP contribution in [-0.2, 0) is 4.74 Å². The molecule has 0 saturated carbocycles. The van der Waals surface area contributed by atoms with Gasteiger partial charge in [-0.1, -0.05) is 6.07 Å². The normalized spacial score (nSPS) is 18.2. The first-order valence-electron chi connectivity index (χ1n) is 6.07. The molecule has 7 heteroatoms. The van der Waals surface area contributed by atoms with Gasteiger partial charge in [0.15, 0.2) is 0 Å². The van der Waals surface area contributed by atoms with Gasteiger partial charge in [0.05, 0.1) is 23.7 Å². The van der Waals surface area contributed by atoms with Crippen LogP contribution < -0.4 is 16.2 Å². The first-order valence-corrected chi connectivity index (χ1v) is 6.07. The van der Waals surface area contributed by atoms with Gasteiger partial charge in [-0.25, -0.2) is 0 Å². The van der Waals surface area contributed by atoms with Crippen LogP contribution in [0.15, 0.2) is 18.2 Å². The van der Waals surface area contributed by atoms with E-state index in [1.54, 1.807) is 18.2 Å². The summed E-state index contributed by atoms with van der Waals surface area (Å²) in [7, 11) is 0. The lowest BCUT2D eigenvalue weighted by atomic mass is 10.0. The molecule has 0 unspecified atom stereocenters. The fourth-order valence-electron chi connectivity index (χ4n) is 2.36. The van der Waals surface area contributed by atoms with Gasteiger partial charge in [-0.05, 0) is 26.0 Å². The van der Waals surface area contributed by atoms with E-state index in [1.165, 1.54) is 0 Å². The van der Waals surface area contributed by atoms with Gasteiger partial charge >= 0.3 is 5.69 Å². The second kappa shape index (κ2) is 5.02. The van der Waals surface area contributed by atoms with Crippen LogP contribution in [0.2, 0.25) is 0 Å². The molecule has 1 aromatic carbocycles. The highest BCUT2D eigenvalue weighted by molar-refractivity contribution is 5.77. The van der Waals surface area contributed by atoms with E-state index in [-0.39, 0.29) is 11.2 Å². The molecule has 19 heavy (non-hydrogen) atoms. The van der Waals surface area contributed by atoms with E-state index in [9.17, 15) is 10.1 Å². The molecule has 0 aliphatic carbocycles. The van der Waals surface area contributed by atoms with Crippen molar-refractivity contribution in [1.82, 2.24) is 0 Å². The molecule has 0 aromatic heterocycles. The summed E-state index contributed by atoms with van der Waals surface area (Å²) in [6, 6.07) is 5.09. The molecule has 1 aliphatic heterocycles. The van der Waals surface area contributed by atoms with Crippen molar-refractivity contribution in [2.24, 2.45) is 5.84 Å². The maximum atomic E-state index is 11.3. The van der Waals surface area contributed by atoms with E-state index in [0.717, 1.165) is 0 Å². The number of morpholine rings is 1. The summed E-state index contributed by atoms with van der Waals surface area (Å²) in [5.74, 6) is 5.36. The van der Waals surface area contributed by atoms with E-state index in [2.05, 4.69) is 5.43 Å². The largest absolute Gasteiger partial charge is 0.377 e. The number of ether oxygens (including phenoxy) is 1. The molecule has 1 aliphatic rings. The zero-order valence-corrected chi connectivity index (χ0v) is 11.0. The van der Waals surface area contributed by atoms with Crippen molar-refractivity contribution in [2.75, 3.05) is 30.1 Å². The van der Waals surface area contributed by atoms with Crippen LogP contribution in [0.3, 0.4) is 0 Å². The van der Waals surface area contributed by atoms with Gasteiger partial charge in [-0.2, -0.15) is 0 Å². The SMILES string of the molecule is CC1(C)COCCN1c1cccc(NN)c1[N+](=O)[O-]. The molecular weight excluding hydrogens is 248 g/mol. The Labute approximate surface area is 111 Å². The summed E-state index contributed by atoms with van der Waals surface area (Å²) in [6.07, 6.45) is 0. The summed E-state index contributed by atoms with van der Waals surface area (Å²) in [5, 5.41) is 11.3. The van der Waals surface area contributed by atoms with E-state index < -0.39 is 4.92 Å². The van der Waals surface area contributed by atoms with Gasteiger partial charge < -0.3 is 15.1 Å². The van der Waals surface area contributed by atoms with Crippen molar-refractivity contribution in [2.45, 2.75) is 19.4 Å². The second-order valence-electron chi connectivity index (χ2n) is 5.09. The zero-order valence-electron chi connectivity index (χ0n) is 11.0. The van der Waals surface area contributed by atoms with Gasteiger partial charge in [-0.3, -0.25) is 16.0 Å². The monoisotopic (exact) mass is 266 g/mol. The van der Waals surface area contributed by atoms with Crippen molar-refractivity contribution in [3.63, 3.8) is 0 Å². The number of nitrogens with two attached hydrogens (primary N) is 1. The van der Waals surface area contributed by atoms with Crippen LogP contribution in [0.4, 0.5) is 17.1 Å². The smallest absolute Gasteiger partial charge is 0.316 e. The summed E-state index contributed by atoms with van der Waals surface area (Å²) in [4.78, 5) is 12.9. The Balaban J connectivity index is 2.52. The number of hydrazine groups is 1. The first-order chi connectivity index (χ1) is 8.97. The number of para-hydroxylation sites is 1. The number of nitro benzene ring substituents is 1. The number of hydrogen-bond acceptors (Lipinski definition) is 6. The highest BCUT2D eigenvalue weighted by Gasteiger charge is 2.35. The van der Waals surface area contributed by atoms with E-state index in [1.807, 2.05) is 18.7 Å². The second-order valence-corrected chi connectivity index (χ2v) is 5.09. The number of anilines is 2. The summed E-state index contributed by atoms with van der Waals surface area (Å²) in [6.45, 7) is 5.70. The maximum Gasteiger partial charge on any atom is 0.316 e. The molecular formula is C12H18N4O3. The Kier molecular flexibility index (Phi) is 3.59. The predicted molar refractivity (Wildman–Crippen MR) is 73.2 cm³/mol. The van der Waals surface area contributed by atoms with Gasteiger partial charge in [-0.15, -0.1) is 0 Å². The molecule has 1 heterocycles. The minimum Gasteiger partial charge on any atom is -0.377 e. The molecule has 0 radical (unpaired) electrons. The lowest BCUT2D eigenvalue weighted by Crippen LogP contribution is -2.53. The quantitative estimate of drug-likeness (QED) is 0.489. The Morgan fingerprint density at radius 1 is 1.53 bits per heavy atom. The van der Waals surface area contributed by atoms with Crippen molar-refractivity contribution >= 4 is 17.1 Å². The van der Waals surface area contributed by atoms with Crippen LogP contribution in [0.1, 0.15) is 13.8 Å². The van der Waals surface area contributed by atoms with E-state index in [0.29, 0.717) is 31.1 Å². The number of nitrogens with one attached hydrogen (secondary N) is 1. The van der Waals surface area contributed by atoms with Crippen molar-refractivity contribution in [1.29, 1.82) is 0 Å². The van der Waals surface area contributed by atoms with Gasteiger partial charge in [0.2, 0.25) is 0 Å². The molecule has 104 valence electrons. The molecule has 3 N–H and O–H groups in total. The number of benzene rings is 1. The number of nitrogens with zero attached hydrogens (tertiary/aromatic N) is 2. The van der Waals surface area contributed by atoms with E-state index >= 15 is 0 Å². The summed E-state index contributed by atoms with van der Waals surface area (Å²) in [5.41, 5.74) is 2.96. The lowest BCUT2D eigenvalue weighted by molar-refractivity contribution is -0.383. The summed E-state index contributed by atoms with van der Waals surface area (Å²) < 4.78 is 5.44. The van der Waals surface area contributed by atoms with Crippen LogP contribution in [0.25, 0.3) is 0 Å². The predicted octanol–water partition coefficient (Wildman–Crippen LogP) is 1.50. The van der Waals surface area contributed by atoms with Crippen LogP contribution in [0.5, 0.6) is 0 Å². The van der Waals surface area contributed by atoms with Crippen molar-refractivity contribution < 1.29 is 9.66 Å². The van der Waals surface area contributed by atoms with Gasteiger partial charge in [0.25, 0.3) is 0 Å². The number of nitro groups is 1. The van der Waals surface area contributed by atoms with Crippen molar-refractivity contribution in [3.8, 4) is 0 Å². The van der Waals surface area contributed by atoms with Gasteiger partial charge in [0.1, 0.15) is 11.4 Å². The molecule has 1 aromatic rings. The highest BCUT2D eigenvalue weighted by atomic mass is 16.6. The lowest BCUT2D eigenvalue weighted by Gasteiger charge is -2.43. The van der Waals surface area contributed by atoms with Crippen LogP contribution in [0, 0.1) is 10.1 Å². The molecule has 1 saturated heterocycles. The molecule has 0 bridgehead atoms. The third-order valence-corrected chi connectivity index (χ3v) is 3.29. The van der Waals surface area contributed by atoms with Gasteiger partial charge in [0, 0.05) is 6.54 Å². The average Bonchev–Trinajstić information content (AvgIpc) is 2.37. The highest BCUT2D eigenvalue weighted by Crippen LogP contribution is 2.38. The van der Waals surface area contributed by atoms with Crippen LogP contribution in [-0.4, -0.2) is 30.2 Å². The summed E-state index contributed by atoms with van der Waals surface area (Å²) >= 11 is 0. The number of nitrogen functional groups attached to an aromatic ring is 1. The van der Waals surface area contributed by atoms with Crippen LogP contribution >= 0.6 is 0 Å². The average molecular weight is 266 g/mol. The topological polar surface area (TPSA) is 93.7 Å². The first kappa shape index (κ1) is 13.6. The fourth-order valence-corrected chi connectivity index (χ4v) is 2.36. The standard InChI is InChI=1S/C12H18N4O3/c1-12(2)8-19-7-6-15(12)10-5-3-4-9(14-13)11(10)16(17)18/h3-5,14H,6-8,13H2,1-2H3. The molecule has 0 atom stereocenters. The minimum absolute atomic E-state index is 0.0000231. The molecule has 2 rings (SSSR count). The van der Waals surface area contributed by atoms with Crippen molar-refractivity contribution in [3.05, 3.63) is 28.3 Å². The van der Waals surface area contributed by atoms with E-state index in [4.69, 9.17) is 10.6 Å². The molecule has 1 fully saturated rings. The molecule has 0 spiro atoms. The Morgan fingerprint density at radius 2 is 2.26 bits per heavy atom. The fraction of sp³-hybridized carbons (Fsp3) is 0.500. The maximum absolute atomic E-state index is 11.3. The number of hydrogen-bond donors (Lipinski definition) is 2. The number of rotatable bonds is 3. The third kappa shape index (κ3) is 2.47. The molecule has 0 amide bonds. The Morgan fingerprint density at radius 3 is 2.84 bits per heavy atom. The minimum atomic E-state index is -0.407. The third-order valence-electron chi connectivity index (χ3n) is 3.29. The zero-order chi connectivity index (χ0) is 14.0. The Bertz CT molecular complexity index is 490. The molecule has 7 nitrogen and oxygen atoms in total.